The molecule has 1 aromatic rings. The number of anilines is 1. The molecule has 18 heavy (non-hydrogen) atoms. The topological polar surface area (TPSA) is 12.0 Å². The molecule has 1 aliphatic carbocycles. The third kappa shape index (κ3) is 3.94. The molecule has 1 aromatic carbocycles. The van der Waals surface area contributed by atoms with E-state index in [2.05, 4.69) is 5.32 Å². The highest BCUT2D eigenvalue weighted by Gasteiger charge is 2.13. The third-order valence-corrected chi connectivity index (χ3v) is 4.64. The van der Waals surface area contributed by atoms with Crippen molar-refractivity contribution in [3.05, 3.63) is 27.2 Å². The summed E-state index contributed by atoms with van der Waals surface area (Å²) < 4.78 is 0. The molecule has 0 atom stereocenters. The van der Waals surface area contributed by atoms with E-state index < -0.39 is 0 Å². The first-order valence-corrected chi connectivity index (χ1v) is 7.68. The number of benzene rings is 1. The van der Waals surface area contributed by atoms with E-state index in [0.29, 0.717) is 15.1 Å². The van der Waals surface area contributed by atoms with Gasteiger partial charge in [-0.05, 0) is 24.5 Å². The Kier molecular flexibility index (Phi) is 5.47. The van der Waals surface area contributed by atoms with Gasteiger partial charge in [-0.15, -0.1) is 0 Å². The van der Waals surface area contributed by atoms with Gasteiger partial charge in [-0.1, -0.05) is 66.9 Å². The van der Waals surface area contributed by atoms with Crippen molar-refractivity contribution in [1.29, 1.82) is 0 Å². The first kappa shape index (κ1) is 14.3. The maximum atomic E-state index is 6.12. The number of halogens is 3. The second-order valence-corrected chi connectivity index (χ2v) is 6.19. The summed E-state index contributed by atoms with van der Waals surface area (Å²) in [6, 6.07) is 3.49. The van der Waals surface area contributed by atoms with Crippen LogP contribution in [0.25, 0.3) is 0 Å². The van der Waals surface area contributed by atoms with Gasteiger partial charge in [0.05, 0.1) is 20.8 Å². The summed E-state index contributed by atoms with van der Waals surface area (Å²) in [5.74, 6) is 0.868. The van der Waals surface area contributed by atoms with Crippen LogP contribution in [0.5, 0.6) is 0 Å². The summed E-state index contributed by atoms with van der Waals surface area (Å²) in [7, 11) is 0. The molecule has 0 saturated heterocycles. The highest BCUT2D eigenvalue weighted by molar-refractivity contribution is 6.44. The molecule has 0 spiro atoms. The van der Waals surface area contributed by atoms with Crippen LogP contribution in [0, 0.1) is 5.92 Å². The Hall–Kier alpha value is -0.110. The molecule has 1 saturated carbocycles. The lowest BCUT2D eigenvalue weighted by atomic mass is 9.87. The van der Waals surface area contributed by atoms with E-state index in [1.165, 1.54) is 38.5 Å². The van der Waals surface area contributed by atoms with Crippen molar-refractivity contribution in [2.75, 3.05) is 11.9 Å². The van der Waals surface area contributed by atoms with Gasteiger partial charge in [0, 0.05) is 6.54 Å². The fraction of sp³-hybridized carbons (Fsp3) is 0.571. The molecule has 0 radical (unpaired) electrons. The Morgan fingerprint density at radius 3 is 2.33 bits per heavy atom. The summed E-state index contributed by atoms with van der Waals surface area (Å²) >= 11 is 18.0. The van der Waals surface area contributed by atoms with E-state index >= 15 is 0 Å². The molecule has 1 nitrogen and oxygen atoms in total. The minimum absolute atomic E-state index is 0.500. The van der Waals surface area contributed by atoms with Crippen molar-refractivity contribution in [3.8, 4) is 0 Å². The van der Waals surface area contributed by atoms with Crippen LogP contribution in [-0.2, 0) is 0 Å². The zero-order chi connectivity index (χ0) is 13.0. The Morgan fingerprint density at radius 1 is 0.944 bits per heavy atom. The largest absolute Gasteiger partial charge is 0.384 e. The summed E-state index contributed by atoms with van der Waals surface area (Å²) in [5, 5.41) is 5.03. The smallest absolute Gasteiger partial charge is 0.0653 e. The van der Waals surface area contributed by atoms with Crippen molar-refractivity contribution in [2.45, 2.75) is 38.5 Å². The average molecular weight is 307 g/mol. The van der Waals surface area contributed by atoms with Gasteiger partial charge in [0.15, 0.2) is 0 Å². The van der Waals surface area contributed by atoms with Crippen LogP contribution in [0.3, 0.4) is 0 Å². The number of nitrogens with one attached hydrogen (secondary N) is 1. The minimum atomic E-state index is 0.500. The maximum absolute atomic E-state index is 6.12. The van der Waals surface area contributed by atoms with E-state index in [-0.39, 0.29) is 0 Å². The molecule has 1 aliphatic rings. The predicted molar refractivity (Wildman–Crippen MR) is 81.2 cm³/mol. The van der Waals surface area contributed by atoms with E-state index in [9.17, 15) is 0 Å². The zero-order valence-corrected chi connectivity index (χ0v) is 12.6. The van der Waals surface area contributed by atoms with E-state index in [0.717, 1.165) is 18.2 Å². The SMILES string of the molecule is Clc1cc(Cl)c(NCCC2CCCCC2)cc1Cl. The van der Waals surface area contributed by atoms with Crippen LogP contribution in [0.4, 0.5) is 5.69 Å². The quantitative estimate of drug-likeness (QED) is 0.670. The van der Waals surface area contributed by atoms with Crippen LogP contribution in [0.15, 0.2) is 12.1 Å². The van der Waals surface area contributed by atoms with Gasteiger partial charge >= 0.3 is 0 Å². The molecule has 100 valence electrons. The van der Waals surface area contributed by atoms with Crippen molar-refractivity contribution < 1.29 is 0 Å². The van der Waals surface area contributed by atoms with Gasteiger partial charge in [0.1, 0.15) is 0 Å². The lowest BCUT2D eigenvalue weighted by Gasteiger charge is -2.21. The normalized spacial score (nSPS) is 16.8. The Labute approximate surface area is 124 Å². The predicted octanol–water partition coefficient (Wildman–Crippen LogP) is 6.03. The number of rotatable bonds is 4. The van der Waals surface area contributed by atoms with Crippen LogP contribution < -0.4 is 5.32 Å². The minimum Gasteiger partial charge on any atom is -0.384 e. The molecule has 0 aliphatic heterocycles. The molecule has 1 fully saturated rings. The summed E-state index contributed by atoms with van der Waals surface area (Å²) in [6.07, 6.45) is 8.13. The highest BCUT2D eigenvalue weighted by Crippen LogP contribution is 2.32. The van der Waals surface area contributed by atoms with Crippen LogP contribution in [-0.4, -0.2) is 6.54 Å². The standard InChI is InChI=1S/C14H18Cl3N/c15-11-8-13(17)14(9-12(11)16)18-7-6-10-4-2-1-3-5-10/h8-10,18H,1-7H2. The van der Waals surface area contributed by atoms with Gasteiger partial charge < -0.3 is 5.32 Å². The van der Waals surface area contributed by atoms with E-state index in [1.807, 2.05) is 0 Å². The van der Waals surface area contributed by atoms with E-state index in [4.69, 9.17) is 34.8 Å². The first-order chi connectivity index (χ1) is 8.66. The van der Waals surface area contributed by atoms with Crippen molar-refractivity contribution in [1.82, 2.24) is 0 Å². The maximum Gasteiger partial charge on any atom is 0.0653 e. The molecule has 0 bridgehead atoms. The zero-order valence-electron chi connectivity index (χ0n) is 10.3. The number of hydrogen-bond acceptors (Lipinski definition) is 1. The highest BCUT2D eigenvalue weighted by atomic mass is 35.5. The van der Waals surface area contributed by atoms with Gasteiger partial charge in [-0.2, -0.15) is 0 Å². The van der Waals surface area contributed by atoms with Crippen molar-refractivity contribution >= 4 is 40.5 Å². The average Bonchev–Trinajstić information content (AvgIpc) is 2.37. The molecule has 0 heterocycles. The van der Waals surface area contributed by atoms with Gasteiger partial charge in [-0.25, -0.2) is 0 Å². The second kappa shape index (κ2) is 6.88. The number of hydrogen-bond donors (Lipinski definition) is 1. The van der Waals surface area contributed by atoms with Crippen LogP contribution in [0.1, 0.15) is 38.5 Å². The molecular weight excluding hydrogens is 289 g/mol. The summed E-state index contributed by atoms with van der Waals surface area (Å²) in [5.41, 5.74) is 0.877. The Balaban J connectivity index is 1.84. The lowest BCUT2D eigenvalue weighted by molar-refractivity contribution is 0.345. The third-order valence-electron chi connectivity index (χ3n) is 3.60. The Bertz CT molecular complexity index is 400. The second-order valence-electron chi connectivity index (χ2n) is 4.97. The van der Waals surface area contributed by atoms with Gasteiger partial charge in [0.2, 0.25) is 0 Å². The molecule has 2 rings (SSSR count). The fourth-order valence-corrected chi connectivity index (χ4v) is 3.16. The molecule has 0 unspecified atom stereocenters. The fourth-order valence-electron chi connectivity index (χ4n) is 2.54. The summed E-state index contributed by atoms with van der Waals surface area (Å²) in [4.78, 5) is 0. The van der Waals surface area contributed by atoms with Gasteiger partial charge in [-0.3, -0.25) is 0 Å². The van der Waals surface area contributed by atoms with Crippen molar-refractivity contribution in [2.24, 2.45) is 5.92 Å². The van der Waals surface area contributed by atoms with E-state index in [1.54, 1.807) is 12.1 Å². The van der Waals surface area contributed by atoms with Crippen LogP contribution >= 0.6 is 34.8 Å². The monoisotopic (exact) mass is 305 g/mol. The Morgan fingerprint density at radius 2 is 1.61 bits per heavy atom. The molecular formula is C14H18Cl3N. The molecule has 0 amide bonds. The summed E-state index contributed by atoms with van der Waals surface area (Å²) in [6.45, 7) is 0.947. The van der Waals surface area contributed by atoms with Gasteiger partial charge in [0.25, 0.3) is 0 Å². The van der Waals surface area contributed by atoms with Crippen molar-refractivity contribution in [3.63, 3.8) is 0 Å². The molecule has 1 N–H and O–H groups in total. The molecule has 0 aromatic heterocycles. The lowest BCUT2D eigenvalue weighted by Crippen LogP contribution is -2.12. The van der Waals surface area contributed by atoms with Crippen LogP contribution in [0.2, 0.25) is 15.1 Å². The molecule has 4 heteroatoms. The first-order valence-electron chi connectivity index (χ1n) is 6.55.